The predicted molar refractivity (Wildman–Crippen MR) is 94.1 cm³/mol. The summed E-state index contributed by atoms with van der Waals surface area (Å²) in [7, 11) is 0. The first-order chi connectivity index (χ1) is 10.4. The van der Waals surface area contributed by atoms with Gasteiger partial charge in [0.1, 0.15) is 0 Å². The Morgan fingerprint density at radius 1 is 1.55 bits per heavy atom. The third-order valence-electron chi connectivity index (χ3n) is 2.91. The fourth-order valence-corrected chi connectivity index (χ4v) is 3.23. The molecule has 0 radical (unpaired) electrons. The van der Waals surface area contributed by atoms with E-state index < -0.39 is 5.95 Å². The minimum absolute atomic E-state index is 0.0869. The van der Waals surface area contributed by atoms with Crippen LogP contribution in [0.15, 0.2) is 29.0 Å². The van der Waals surface area contributed by atoms with Gasteiger partial charge in [-0.05, 0) is 57.6 Å². The molecule has 1 atom stereocenters. The smallest absolute Gasteiger partial charge is 0.225 e. The Kier molecular flexibility index (Phi) is 6.10. The molecule has 2 aromatic heterocycles. The summed E-state index contributed by atoms with van der Waals surface area (Å²) >= 11 is 11.4. The van der Waals surface area contributed by atoms with E-state index in [9.17, 15) is 9.18 Å². The van der Waals surface area contributed by atoms with Crippen molar-refractivity contribution in [3.05, 3.63) is 54.8 Å². The SMILES string of the molecule is CC(NC(=O)Cc1c(I)ccnc1F)c1ncc(Br)cc1Cl. The molecule has 8 heteroatoms. The van der Waals surface area contributed by atoms with Crippen LogP contribution in [0.1, 0.15) is 24.2 Å². The van der Waals surface area contributed by atoms with Gasteiger partial charge in [0.25, 0.3) is 0 Å². The van der Waals surface area contributed by atoms with Crippen molar-refractivity contribution in [3.8, 4) is 0 Å². The summed E-state index contributed by atoms with van der Waals surface area (Å²) in [6, 6.07) is 2.98. The molecule has 116 valence electrons. The van der Waals surface area contributed by atoms with Crippen molar-refractivity contribution in [1.82, 2.24) is 15.3 Å². The largest absolute Gasteiger partial charge is 0.348 e. The summed E-state index contributed by atoms with van der Waals surface area (Å²) in [6.45, 7) is 1.77. The van der Waals surface area contributed by atoms with Crippen LogP contribution in [0, 0.1) is 9.52 Å². The van der Waals surface area contributed by atoms with Crippen LogP contribution < -0.4 is 5.32 Å². The zero-order chi connectivity index (χ0) is 16.3. The molecule has 0 fully saturated rings. The Labute approximate surface area is 154 Å². The van der Waals surface area contributed by atoms with E-state index in [0.29, 0.717) is 14.3 Å². The first-order valence-electron chi connectivity index (χ1n) is 6.27. The summed E-state index contributed by atoms with van der Waals surface area (Å²) in [5.74, 6) is -0.951. The minimum atomic E-state index is -0.630. The molecule has 0 saturated carbocycles. The molecule has 0 aliphatic carbocycles. The molecule has 2 heterocycles. The average molecular weight is 499 g/mol. The Balaban J connectivity index is 2.08. The van der Waals surface area contributed by atoms with E-state index in [1.54, 1.807) is 25.3 Å². The molecule has 22 heavy (non-hydrogen) atoms. The maximum Gasteiger partial charge on any atom is 0.225 e. The quantitative estimate of drug-likeness (QED) is 0.511. The molecular weight excluding hydrogens is 487 g/mol. The van der Waals surface area contributed by atoms with Gasteiger partial charge in [0.15, 0.2) is 0 Å². The predicted octanol–water partition coefficient (Wildman–Crippen LogP) is 4.06. The van der Waals surface area contributed by atoms with E-state index in [1.807, 2.05) is 22.6 Å². The first kappa shape index (κ1) is 17.6. The van der Waals surface area contributed by atoms with Crippen LogP contribution in [0.3, 0.4) is 0 Å². The molecule has 2 aromatic rings. The van der Waals surface area contributed by atoms with Gasteiger partial charge in [-0.15, -0.1) is 0 Å². The highest BCUT2D eigenvalue weighted by Gasteiger charge is 2.17. The van der Waals surface area contributed by atoms with Crippen molar-refractivity contribution in [2.75, 3.05) is 0 Å². The lowest BCUT2D eigenvalue weighted by molar-refractivity contribution is -0.121. The summed E-state index contributed by atoms with van der Waals surface area (Å²) in [4.78, 5) is 19.8. The maximum absolute atomic E-state index is 13.6. The van der Waals surface area contributed by atoms with Crippen LogP contribution >= 0.6 is 50.1 Å². The standard InChI is InChI=1S/C14H11BrClFIN3O/c1-7(13-10(16)4-8(15)6-20-13)21-12(22)5-9-11(18)2-3-19-14(9)17/h2-4,6-7H,5H2,1H3,(H,21,22). The maximum atomic E-state index is 13.6. The highest BCUT2D eigenvalue weighted by atomic mass is 127. The van der Waals surface area contributed by atoms with E-state index in [0.717, 1.165) is 4.47 Å². The lowest BCUT2D eigenvalue weighted by atomic mass is 10.1. The molecular formula is C14H11BrClFIN3O. The second-order valence-corrected chi connectivity index (χ2v) is 7.03. The first-order valence-corrected chi connectivity index (χ1v) is 8.52. The molecule has 0 aliphatic heterocycles. The van der Waals surface area contributed by atoms with Gasteiger partial charge in [-0.1, -0.05) is 11.6 Å². The zero-order valence-corrected chi connectivity index (χ0v) is 15.9. The van der Waals surface area contributed by atoms with Crippen LogP contribution in [0.5, 0.6) is 0 Å². The molecule has 0 aromatic carbocycles. The number of nitrogens with zero attached hydrogens (tertiary/aromatic N) is 2. The molecule has 0 aliphatic rings. The lowest BCUT2D eigenvalue weighted by Gasteiger charge is -2.15. The van der Waals surface area contributed by atoms with Gasteiger partial charge in [-0.25, -0.2) is 4.98 Å². The Bertz CT molecular complexity index is 696. The van der Waals surface area contributed by atoms with Gasteiger partial charge in [-0.3, -0.25) is 9.78 Å². The molecule has 0 saturated heterocycles. The number of amides is 1. The monoisotopic (exact) mass is 497 g/mol. The van der Waals surface area contributed by atoms with E-state index in [4.69, 9.17) is 11.6 Å². The molecule has 1 N–H and O–H groups in total. The fraction of sp³-hybridized carbons (Fsp3) is 0.214. The Morgan fingerprint density at radius 2 is 2.27 bits per heavy atom. The van der Waals surface area contributed by atoms with Crippen LogP contribution in [-0.2, 0) is 11.2 Å². The normalized spacial score (nSPS) is 12.0. The van der Waals surface area contributed by atoms with Crippen molar-refractivity contribution in [3.63, 3.8) is 0 Å². The van der Waals surface area contributed by atoms with Gasteiger partial charge in [0.2, 0.25) is 11.9 Å². The highest BCUT2D eigenvalue weighted by molar-refractivity contribution is 14.1. The average Bonchev–Trinajstić information content (AvgIpc) is 2.42. The van der Waals surface area contributed by atoms with Crippen LogP contribution in [0.4, 0.5) is 4.39 Å². The van der Waals surface area contributed by atoms with E-state index in [1.165, 1.54) is 6.20 Å². The molecule has 0 spiro atoms. The number of hydrogen-bond acceptors (Lipinski definition) is 3. The molecule has 0 bridgehead atoms. The van der Waals surface area contributed by atoms with Crippen LogP contribution in [0.25, 0.3) is 0 Å². The van der Waals surface area contributed by atoms with E-state index >= 15 is 0 Å². The number of hydrogen-bond donors (Lipinski definition) is 1. The van der Waals surface area contributed by atoms with Gasteiger partial charge in [0.05, 0.1) is 23.2 Å². The van der Waals surface area contributed by atoms with Gasteiger partial charge in [0, 0.05) is 26.0 Å². The summed E-state index contributed by atoms with van der Waals surface area (Å²) < 4.78 is 15.1. The Morgan fingerprint density at radius 3 is 2.91 bits per heavy atom. The van der Waals surface area contributed by atoms with Gasteiger partial charge in [-0.2, -0.15) is 4.39 Å². The van der Waals surface area contributed by atoms with Crippen molar-refractivity contribution in [1.29, 1.82) is 0 Å². The van der Waals surface area contributed by atoms with Crippen molar-refractivity contribution < 1.29 is 9.18 Å². The lowest BCUT2D eigenvalue weighted by Crippen LogP contribution is -2.29. The van der Waals surface area contributed by atoms with E-state index in [2.05, 4.69) is 31.2 Å². The van der Waals surface area contributed by atoms with E-state index in [-0.39, 0.29) is 23.9 Å². The number of carbonyl (C=O) groups excluding carboxylic acids is 1. The van der Waals surface area contributed by atoms with Crippen molar-refractivity contribution in [2.45, 2.75) is 19.4 Å². The van der Waals surface area contributed by atoms with Crippen molar-refractivity contribution in [2.24, 2.45) is 0 Å². The molecule has 2 rings (SSSR count). The summed E-state index contributed by atoms with van der Waals surface area (Å²) in [5.41, 5.74) is 0.835. The second-order valence-electron chi connectivity index (χ2n) is 4.55. The Hall–Kier alpha value is -0.800. The highest BCUT2D eigenvalue weighted by Crippen LogP contribution is 2.24. The number of pyridine rings is 2. The minimum Gasteiger partial charge on any atom is -0.348 e. The topological polar surface area (TPSA) is 54.9 Å². The van der Waals surface area contributed by atoms with Crippen LogP contribution in [-0.4, -0.2) is 15.9 Å². The fourth-order valence-electron chi connectivity index (χ4n) is 1.87. The number of halogens is 4. The number of carbonyl (C=O) groups is 1. The summed E-state index contributed by atoms with van der Waals surface area (Å²) in [6.07, 6.45) is 2.89. The second kappa shape index (κ2) is 7.65. The molecule has 4 nitrogen and oxygen atoms in total. The van der Waals surface area contributed by atoms with Gasteiger partial charge >= 0.3 is 0 Å². The number of aromatic nitrogens is 2. The number of nitrogens with one attached hydrogen (secondary N) is 1. The third-order valence-corrected chi connectivity index (χ3v) is 4.65. The zero-order valence-electron chi connectivity index (χ0n) is 11.4. The van der Waals surface area contributed by atoms with Crippen molar-refractivity contribution >= 4 is 56.0 Å². The summed E-state index contributed by atoms with van der Waals surface area (Å²) in [5, 5.41) is 3.21. The van der Waals surface area contributed by atoms with Gasteiger partial charge < -0.3 is 5.32 Å². The third kappa shape index (κ3) is 4.36. The molecule has 1 unspecified atom stereocenters. The number of rotatable bonds is 4. The molecule has 1 amide bonds. The van der Waals surface area contributed by atoms with Crippen LogP contribution in [0.2, 0.25) is 5.02 Å².